The Balaban J connectivity index is 1.83. The summed E-state index contributed by atoms with van der Waals surface area (Å²) < 4.78 is 2.16. The molecule has 1 fully saturated rings. The monoisotopic (exact) mass is 530 g/mol. The Morgan fingerprint density at radius 2 is 1.69 bits per heavy atom. The van der Waals surface area contributed by atoms with E-state index in [2.05, 4.69) is 30.7 Å². The standard InChI is InChI=1S/C26H28Cl2N4O2S/c1-16(2)23-24(25(34)31-13-12-29-22(33)15-31)35-26(30-14-18-4-8-20(27)9-5-18)32(23)17(3)19-6-10-21(28)11-7-19/h4-11,16-17H,12-15H2,1-3H3,(H,29,33)/t17-/m1/s1. The Labute approximate surface area is 219 Å². The third-order valence-electron chi connectivity index (χ3n) is 6.01. The van der Waals surface area contributed by atoms with Gasteiger partial charge in [0, 0.05) is 28.8 Å². The van der Waals surface area contributed by atoms with Gasteiger partial charge in [0.15, 0.2) is 4.80 Å². The second-order valence-electron chi connectivity index (χ2n) is 8.87. The zero-order valence-corrected chi connectivity index (χ0v) is 22.3. The van der Waals surface area contributed by atoms with Crippen molar-refractivity contribution in [3.8, 4) is 0 Å². The smallest absolute Gasteiger partial charge is 0.266 e. The quantitative estimate of drug-likeness (QED) is 0.472. The van der Waals surface area contributed by atoms with Crippen LogP contribution in [0.25, 0.3) is 0 Å². The number of carbonyl (C=O) groups excluding carboxylic acids is 2. The molecule has 0 unspecified atom stereocenters. The summed E-state index contributed by atoms with van der Waals surface area (Å²) in [6.45, 7) is 7.74. The number of thiazole rings is 1. The minimum Gasteiger partial charge on any atom is -0.353 e. The average Bonchev–Trinajstić information content (AvgIpc) is 3.23. The van der Waals surface area contributed by atoms with Crippen molar-refractivity contribution < 1.29 is 9.59 Å². The van der Waals surface area contributed by atoms with Crippen molar-refractivity contribution in [2.45, 2.75) is 39.3 Å². The molecule has 2 amide bonds. The molecule has 0 spiro atoms. The molecular formula is C26H28Cl2N4O2S. The lowest BCUT2D eigenvalue weighted by molar-refractivity contribution is -0.123. The molecule has 0 saturated carbocycles. The normalized spacial score (nSPS) is 15.4. The van der Waals surface area contributed by atoms with Gasteiger partial charge in [0.1, 0.15) is 4.88 Å². The van der Waals surface area contributed by atoms with Crippen molar-refractivity contribution in [3.63, 3.8) is 0 Å². The fourth-order valence-corrected chi connectivity index (χ4v) is 5.75. The molecule has 0 radical (unpaired) electrons. The summed E-state index contributed by atoms with van der Waals surface area (Å²) in [4.78, 5) is 33.5. The zero-order chi connectivity index (χ0) is 25.1. The van der Waals surface area contributed by atoms with Crippen LogP contribution in [0.1, 0.15) is 59.2 Å². The Morgan fingerprint density at radius 3 is 2.29 bits per heavy atom. The predicted molar refractivity (Wildman–Crippen MR) is 141 cm³/mol. The average molecular weight is 532 g/mol. The van der Waals surface area contributed by atoms with E-state index < -0.39 is 0 Å². The van der Waals surface area contributed by atoms with Crippen LogP contribution in [0.2, 0.25) is 10.0 Å². The van der Waals surface area contributed by atoms with Crippen molar-refractivity contribution in [1.82, 2.24) is 14.8 Å². The lowest BCUT2D eigenvalue weighted by atomic mass is 10.0. The van der Waals surface area contributed by atoms with Crippen molar-refractivity contribution >= 4 is 46.4 Å². The first-order valence-electron chi connectivity index (χ1n) is 11.6. The van der Waals surface area contributed by atoms with Gasteiger partial charge in [0.25, 0.3) is 5.91 Å². The number of carbonyl (C=O) groups is 2. The highest BCUT2D eigenvalue weighted by Crippen LogP contribution is 2.30. The van der Waals surface area contributed by atoms with Crippen LogP contribution in [0.5, 0.6) is 0 Å². The number of halogens is 2. The molecule has 184 valence electrons. The van der Waals surface area contributed by atoms with Crippen molar-refractivity contribution in [1.29, 1.82) is 0 Å². The minimum absolute atomic E-state index is 0.0676. The summed E-state index contributed by atoms with van der Waals surface area (Å²) in [6, 6.07) is 15.3. The molecule has 6 nitrogen and oxygen atoms in total. The van der Waals surface area contributed by atoms with Crippen molar-refractivity contribution in [2.24, 2.45) is 4.99 Å². The molecule has 1 aliphatic heterocycles. The number of nitrogens with zero attached hydrogens (tertiary/aromatic N) is 3. The summed E-state index contributed by atoms with van der Waals surface area (Å²) in [5.74, 6) is -0.195. The lowest BCUT2D eigenvalue weighted by Gasteiger charge is -2.27. The zero-order valence-electron chi connectivity index (χ0n) is 19.9. The van der Waals surface area contributed by atoms with Crippen LogP contribution >= 0.6 is 34.5 Å². The first-order chi connectivity index (χ1) is 16.7. The van der Waals surface area contributed by atoms with Gasteiger partial charge >= 0.3 is 0 Å². The van der Waals surface area contributed by atoms with E-state index >= 15 is 0 Å². The fourth-order valence-electron chi connectivity index (χ4n) is 4.18. The number of aromatic nitrogens is 1. The maximum atomic E-state index is 13.6. The van der Waals surface area contributed by atoms with E-state index in [-0.39, 0.29) is 30.3 Å². The summed E-state index contributed by atoms with van der Waals surface area (Å²) in [5, 5.41) is 4.14. The number of benzene rings is 2. The second kappa shape index (κ2) is 11.0. The molecule has 4 rings (SSSR count). The molecule has 1 N–H and O–H groups in total. The molecule has 2 heterocycles. The van der Waals surface area contributed by atoms with Crippen LogP contribution in [-0.2, 0) is 11.3 Å². The van der Waals surface area contributed by atoms with Gasteiger partial charge in [-0.3, -0.25) is 14.6 Å². The molecule has 1 atom stereocenters. The molecule has 3 aromatic rings. The minimum atomic E-state index is -0.137. The summed E-state index contributed by atoms with van der Waals surface area (Å²) >= 11 is 13.6. The van der Waals surface area contributed by atoms with Crippen LogP contribution in [0.15, 0.2) is 53.5 Å². The van der Waals surface area contributed by atoms with Gasteiger partial charge in [-0.2, -0.15) is 0 Å². The molecule has 1 saturated heterocycles. The lowest BCUT2D eigenvalue weighted by Crippen LogP contribution is -2.50. The van der Waals surface area contributed by atoms with Gasteiger partial charge in [-0.15, -0.1) is 0 Å². The highest BCUT2D eigenvalue weighted by molar-refractivity contribution is 7.11. The highest BCUT2D eigenvalue weighted by Gasteiger charge is 2.30. The molecule has 0 bridgehead atoms. The Kier molecular flexibility index (Phi) is 7.99. The maximum absolute atomic E-state index is 13.6. The van der Waals surface area contributed by atoms with Gasteiger partial charge in [-0.05, 0) is 48.2 Å². The van der Waals surface area contributed by atoms with Gasteiger partial charge in [0.2, 0.25) is 5.91 Å². The summed E-state index contributed by atoms with van der Waals surface area (Å²) in [6.07, 6.45) is 0. The Morgan fingerprint density at radius 1 is 1.06 bits per heavy atom. The number of hydrogen-bond acceptors (Lipinski definition) is 4. The van der Waals surface area contributed by atoms with Crippen LogP contribution in [0.4, 0.5) is 0 Å². The number of amides is 2. The number of piperazine rings is 1. The third kappa shape index (κ3) is 5.80. The third-order valence-corrected chi connectivity index (χ3v) is 7.61. The molecule has 35 heavy (non-hydrogen) atoms. The van der Waals surface area contributed by atoms with Gasteiger partial charge in [-0.25, -0.2) is 0 Å². The Bertz CT molecular complexity index is 1280. The summed E-state index contributed by atoms with van der Waals surface area (Å²) in [5.41, 5.74) is 3.02. The van der Waals surface area contributed by atoms with E-state index in [9.17, 15) is 9.59 Å². The first-order valence-corrected chi connectivity index (χ1v) is 13.1. The van der Waals surface area contributed by atoms with Gasteiger partial charge < -0.3 is 14.8 Å². The van der Waals surface area contributed by atoms with E-state index in [1.165, 1.54) is 11.3 Å². The van der Waals surface area contributed by atoms with Crippen molar-refractivity contribution in [3.05, 3.63) is 85.1 Å². The van der Waals surface area contributed by atoms with Crippen LogP contribution in [0.3, 0.4) is 0 Å². The van der Waals surface area contributed by atoms with Crippen LogP contribution in [-0.4, -0.2) is 40.9 Å². The topological polar surface area (TPSA) is 66.7 Å². The van der Waals surface area contributed by atoms with E-state index in [0.717, 1.165) is 21.6 Å². The molecule has 0 aliphatic carbocycles. The SMILES string of the molecule is CC(C)c1c(C(=O)N2CCNC(=O)C2)sc(=NCc2ccc(Cl)cc2)n1[C@H](C)c1ccc(Cl)cc1. The maximum Gasteiger partial charge on any atom is 0.266 e. The van der Waals surface area contributed by atoms with E-state index in [0.29, 0.717) is 34.6 Å². The molecule has 1 aliphatic rings. The number of rotatable bonds is 6. The van der Waals surface area contributed by atoms with E-state index in [4.69, 9.17) is 28.2 Å². The molecule has 1 aromatic heterocycles. The van der Waals surface area contributed by atoms with Crippen LogP contribution < -0.4 is 10.1 Å². The van der Waals surface area contributed by atoms with Crippen molar-refractivity contribution in [2.75, 3.05) is 19.6 Å². The number of hydrogen-bond donors (Lipinski definition) is 1. The molecule has 2 aromatic carbocycles. The second-order valence-corrected chi connectivity index (χ2v) is 10.7. The van der Waals surface area contributed by atoms with E-state index in [1.807, 2.05) is 48.5 Å². The molecule has 9 heteroatoms. The van der Waals surface area contributed by atoms with Gasteiger partial charge in [-0.1, -0.05) is 72.7 Å². The highest BCUT2D eigenvalue weighted by atomic mass is 35.5. The van der Waals surface area contributed by atoms with Gasteiger partial charge in [0.05, 0.1) is 19.1 Å². The number of nitrogens with one attached hydrogen (secondary N) is 1. The molecular weight excluding hydrogens is 503 g/mol. The van der Waals surface area contributed by atoms with E-state index in [1.54, 1.807) is 4.90 Å². The predicted octanol–water partition coefficient (Wildman–Crippen LogP) is 5.26. The van der Waals surface area contributed by atoms with Crippen LogP contribution in [0, 0.1) is 0 Å². The fraction of sp³-hybridized carbons (Fsp3) is 0.346. The Hall–Kier alpha value is -2.61. The summed E-state index contributed by atoms with van der Waals surface area (Å²) in [7, 11) is 0. The first kappa shape index (κ1) is 25.5. The largest absolute Gasteiger partial charge is 0.353 e.